The van der Waals surface area contributed by atoms with E-state index in [-0.39, 0.29) is 5.69 Å². The minimum atomic E-state index is -0.359. The van der Waals surface area contributed by atoms with Gasteiger partial charge in [0.15, 0.2) is 5.82 Å². The van der Waals surface area contributed by atoms with E-state index in [9.17, 15) is 4.79 Å². The number of hydrogen-bond donors (Lipinski definition) is 0. The van der Waals surface area contributed by atoms with Crippen LogP contribution in [-0.4, -0.2) is 23.5 Å². The number of aromatic nitrogens is 5. The number of benzene rings is 5. The molecule has 9 aromatic rings. The van der Waals surface area contributed by atoms with Gasteiger partial charge in [0.1, 0.15) is 5.65 Å². The molecule has 0 aliphatic carbocycles. The van der Waals surface area contributed by atoms with Gasteiger partial charge in [0.2, 0.25) is 0 Å². The lowest BCUT2D eigenvalue weighted by Crippen LogP contribution is -2.18. The van der Waals surface area contributed by atoms with Crippen LogP contribution in [0, 0.1) is 0 Å². The van der Waals surface area contributed by atoms with E-state index < -0.39 is 0 Å². The summed E-state index contributed by atoms with van der Waals surface area (Å²) in [5.74, 6) is 0.393. The fraction of sp³-hybridized carbons (Fsp3) is 0. The summed E-state index contributed by atoms with van der Waals surface area (Å²) >= 11 is 0. The third-order valence-electron chi connectivity index (χ3n) is 9.31. The first-order valence-corrected chi connectivity index (χ1v) is 16.1. The van der Waals surface area contributed by atoms with E-state index in [1.54, 1.807) is 18.3 Å². The molecule has 0 aliphatic rings. The van der Waals surface area contributed by atoms with E-state index in [0.717, 1.165) is 50.2 Å². The van der Waals surface area contributed by atoms with Crippen molar-refractivity contribution in [1.82, 2.24) is 23.5 Å². The lowest BCUT2D eigenvalue weighted by Gasteiger charge is -2.11. The van der Waals surface area contributed by atoms with Crippen LogP contribution in [0.4, 0.5) is 0 Å². The van der Waals surface area contributed by atoms with Crippen LogP contribution >= 0.6 is 0 Å². The highest BCUT2D eigenvalue weighted by Gasteiger charge is 2.18. The first-order valence-electron chi connectivity index (χ1n) is 16.1. The molecule has 6 heteroatoms. The molecule has 0 atom stereocenters. The SMILES string of the molecule is C=Cc1c(C=C)n(-c2ccc(-c3nc(=O)n4ccccc4n3)cc2)c2ccc(-c3ccc4c(c3)c3ccccc3n4-c3ccccc3)cc12. The van der Waals surface area contributed by atoms with Crippen LogP contribution in [0.15, 0.2) is 158 Å². The fourth-order valence-corrected chi connectivity index (χ4v) is 7.07. The molecule has 0 saturated carbocycles. The molecule has 0 unspecified atom stereocenters. The summed E-state index contributed by atoms with van der Waals surface area (Å²) in [4.78, 5) is 21.5. The lowest BCUT2D eigenvalue weighted by atomic mass is 10.00. The Morgan fingerprint density at radius 1 is 0.531 bits per heavy atom. The maximum absolute atomic E-state index is 12.6. The van der Waals surface area contributed by atoms with Gasteiger partial charge in [-0.25, -0.2) is 9.78 Å². The van der Waals surface area contributed by atoms with Crippen molar-refractivity contribution < 1.29 is 0 Å². The van der Waals surface area contributed by atoms with Gasteiger partial charge in [-0.2, -0.15) is 4.98 Å². The van der Waals surface area contributed by atoms with Gasteiger partial charge in [-0.15, -0.1) is 0 Å². The van der Waals surface area contributed by atoms with E-state index >= 15 is 0 Å². The molecular formula is C43H29N5O. The molecule has 0 aliphatic heterocycles. The standard InChI is InChI=1S/C43H29N5O/c1-3-33-35-26-29(30-20-24-40-36(27-30)34-14-8-9-15-38(34)48(40)31-12-6-5-7-13-31)19-23-39(35)47(37(33)4-2)32-21-17-28(18-22-32)42-44-41-16-10-11-25-46(41)43(49)45-42/h3-27H,1-2H2. The van der Waals surface area contributed by atoms with E-state index in [4.69, 9.17) is 0 Å². The van der Waals surface area contributed by atoms with Crippen molar-refractivity contribution in [3.05, 3.63) is 175 Å². The van der Waals surface area contributed by atoms with E-state index in [1.807, 2.05) is 48.6 Å². The Hall–Kier alpha value is -6.79. The number of fused-ring (bicyclic) bond motifs is 5. The van der Waals surface area contributed by atoms with Gasteiger partial charge >= 0.3 is 5.69 Å². The zero-order valence-corrected chi connectivity index (χ0v) is 26.5. The third kappa shape index (κ3) is 4.46. The Kier molecular flexibility index (Phi) is 6.49. The molecule has 0 saturated heterocycles. The summed E-state index contributed by atoms with van der Waals surface area (Å²) in [6.07, 6.45) is 5.45. The zero-order valence-electron chi connectivity index (χ0n) is 26.5. The van der Waals surface area contributed by atoms with Crippen LogP contribution in [0.5, 0.6) is 0 Å². The van der Waals surface area contributed by atoms with Gasteiger partial charge in [-0.05, 0) is 96.1 Å². The van der Waals surface area contributed by atoms with Crippen molar-refractivity contribution in [3.63, 3.8) is 0 Å². The first-order chi connectivity index (χ1) is 24.1. The van der Waals surface area contributed by atoms with Gasteiger partial charge in [0, 0.05) is 44.9 Å². The Morgan fingerprint density at radius 2 is 1.16 bits per heavy atom. The summed E-state index contributed by atoms with van der Waals surface area (Å²) in [5.41, 5.74) is 10.7. The van der Waals surface area contributed by atoms with Crippen LogP contribution < -0.4 is 5.69 Å². The molecule has 0 spiro atoms. The summed E-state index contributed by atoms with van der Waals surface area (Å²) in [5, 5.41) is 3.52. The molecular weight excluding hydrogens is 603 g/mol. The van der Waals surface area contributed by atoms with E-state index in [2.05, 4.69) is 117 Å². The second-order valence-corrected chi connectivity index (χ2v) is 12.0. The third-order valence-corrected chi connectivity index (χ3v) is 9.31. The molecule has 0 bridgehead atoms. The van der Waals surface area contributed by atoms with Gasteiger partial charge in [0.05, 0.1) is 22.2 Å². The van der Waals surface area contributed by atoms with Gasteiger partial charge in [-0.1, -0.05) is 73.8 Å². The second-order valence-electron chi connectivity index (χ2n) is 12.0. The average molecular weight is 632 g/mol. The lowest BCUT2D eigenvalue weighted by molar-refractivity contribution is 0.948. The van der Waals surface area contributed by atoms with E-state index in [0.29, 0.717) is 11.5 Å². The first kappa shape index (κ1) is 28.4. The Balaban J connectivity index is 1.16. The predicted molar refractivity (Wildman–Crippen MR) is 201 cm³/mol. The number of rotatable bonds is 6. The molecule has 0 fully saturated rings. The summed E-state index contributed by atoms with van der Waals surface area (Å²) in [7, 11) is 0. The summed E-state index contributed by atoms with van der Waals surface area (Å²) < 4.78 is 5.96. The van der Waals surface area contributed by atoms with Crippen molar-refractivity contribution in [1.29, 1.82) is 0 Å². The smallest absolute Gasteiger partial charge is 0.309 e. The van der Waals surface area contributed by atoms with Crippen LogP contribution in [0.1, 0.15) is 11.3 Å². The van der Waals surface area contributed by atoms with Crippen molar-refractivity contribution in [2.45, 2.75) is 0 Å². The summed E-state index contributed by atoms with van der Waals surface area (Å²) in [6, 6.07) is 45.8. The minimum Gasteiger partial charge on any atom is -0.309 e. The highest BCUT2D eigenvalue weighted by molar-refractivity contribution is 6.10. The Labute approximate surface area is 281 Å². The maximum Gasteiger partial charge on any atom is 0.355 e. The molecule has 5 aromatic carbocycles. The molecule has 4 heterocycles. The molecule has 0 N–H and O–H groups in total. The molecule has 232 valence electrons. The van der Waals surface area contributed by atoms with Crippen molar-refractivity contribution in [3.8, 4) is 33.9 Å². The highest BCUT2D eigenvalue weighted by Crippen LogP contribution is 2.38. The van der Waals surface area contributed by atoms with E-state index in [1.165, 1.54) is 26.2 Å². The topological polar surface area (TPSA) is 57.1 Å². The van der Waals surface area contributed by atoms with Crippen LogP contribution in [0.2, 0.25) is 0 Å². The quantitative estimate of drug-likeness (QED) is 0.184. The van der Waals surface area contributed by atoms with Crippen molar-refractivity contribution in [2.75, 3.05) is 0 Å². The molecule has 0 radical (unpaired) electrons. The van der Waals surface area contributed by atoms with Crippen molar-refractivity contribution >= 4 is 50.5 Å². The second kappa shape index (κ2) is 11.2. The molecule has 9 rings (SSSR count). The number of para-hydroxylation sites is 2. The Morgan fingerprint density at radius 3 is 1.92 bits per heavy atom. The van der Waals surface area contributed by atoms with Crippen molar-refractivity contribution in [2.24, 2.45) is 0 Å². The fourth-order valence-electron chi connectivity index (χ4n) is 7.07. The highest BCUT2D eigenvalue weighted by atomic mass is 16.1. The summed E-state index contributed by atoms with van der Waals surface area (Å²) in [6.45, 7) is 8.35. The predicted octanol–water partition coefficient (Wildman–Crippen LogP) is 9.75. The van der Waals surface area contributed by atoms with Gasteiger partial charge in [-0.3, -0.25) is 4.40 Å². The van der Waals surface area contributed by atoms with Gasteiger partial charge in [0.25, 0.3) is 0 Å². The maximum atomic E-state index is 12.6. The molecule has 0 amide bonds. The zero-order chi connectivity index (χ0) is 33.1. The number of pyridine rings is 1. The van der Waals surface area contributed by atoms with Gasteiger partial charge < -0.3 is 9.13 Å². The normalized spacial score (nSPS) is 11.5. The van der Waals surface area contributed by atoms with Crippen LogP contribution in [0.3, 0.4) is 0 Å². The molecule has 4 aromatic heterocycles. The number of nitrogens with zero attached hydrogens (tertiary/aromatic N) is 5. The monoisotopic (exact) mass is 631 g/mol. The number of hydrogen-bond acceptors (Lipinski definition) is 3. The van der Waals surface area contributed by atoms with Crippen LogP contribution in [-0.2, 0) is 0 Å². The molecule has 49 heavy (non-hydrogen) atoms. The van der Waals surface area contributed by atoms with Crippen LogP contribution in [0.25, 0.3) is 84.4 Å². The molecule has 6 nitrogen and oxygen atoms in total. The average Bonchev–Trinajstić information content (AvgIpc) is 3.66. The largest absolute Gasteiger partial charge is 0.355 e. The minimum absolute atomic E-state index is 0.359. The Bertz CT molecular complexity index is 2820.